The number of nitrogens with one attached hydrogen (secondary N) is 2. The molecule has 0 aromatic heterocycles. The molecule has 0 unspecified atom stereocenters. The molecule has 1 amide bonds. The number of halogens is 1. The molecule has 2 rings (SSSR count). The van der Waals surface area contributed by atoms with Crippen molar-refractivity contribution in [1.82, 2.24) is 10.0 Å². The summed E-state index contributed by atoms with van der Waals surface area (Å²) in [7, 11) is -3.89. The van der Waals surface area contributed by atoms with Crippen molar-refractivity contribution < 1.29 is 17.6 Å². The van der Waals surface area contributed by atoms with Crippen LogP contribution in [-0.4, -0.2) is 20.9 Å². The minimum absolute atomic E-state index is 0.00270. The van der Waals surface area contributed by atoms with Gasteiger partial charge in [-0.05, 0) is 42.8 Å². The van der Waals surface area contributed by atoms with Crippen molar-refractivity contribution in [3.8, 4) is 6.07 Å². The standard InChI is InChI=1S/C17H16FN3O3S/c1-2-20-17(22)13-5-3-12(4-6-13)11-21-25(23,24)15-7-8-16(18)14(9-15)10-19/h3-9,21H,2,11H2,1H3,(H,20,22). The molecular weight excluding hydrogens is 345 g/mol. The van der Waals surface area contributed by atoms with Crippen molar-refractivity contribution in [2.45, 2.75) is 18.4 Å². The highest BCUT2D eigenvalue weighted by Gasteiger charge is 2.16. The van der Waals surface area contributed by atoms with Crippen LogP contribution in [0.25, 0.3) is 0 Å². The molecule has 0 radical (unpaired) electrons. The van der Waals surface area contributed by atoms with Crippen molar-refractivity contribution in [3.05, 3.63) is 65.0 Å². The van der Waals surface area contributed by atoms with Crippen LogP contribution in [0.1, 0.15) is 28.4 Å². The number of carbonyl (C=O) groups is 1. The Morgan fingerprint density at radius 3 is 2.48 bits per heavy atom. The minimum atomic E-state index is -3.89. The van der Waals surface area contributed by atoms with E-state index in [4.69, 9.17) is 5.26 Å². The molecule has 0 aliphatic carbocycles. The van der Waals surface area contributed by atoms with Crippen LogP contribution in [0.3, 0.4) is 0 Å². The van der Waals surface area contributed by atoms with E-state index in [1.807, 2.05) is 6.92 Å². The second-order valence-corrected chi connectivity index (χ2v) is 6.90. The number of sulfonamides is 1. The fourth-order valence-corrected chi connectivity index (χ4v) is 3.10. The van der Waals surface area contributed by atoms with Gasteiger partial charge >= 0.3 is 0 Å². The molecule has 2 aromatic rings. The van der Waals surface area contributed by atoms with Crippen LogP contribution in [-0.2, 0) is 16.6 Å². The Morgan fingerprint density at radius 2 is 1.88 bits per heavy atom. The summed E-state index contributed by atoms with van der Waals surface area (Å²) in [6, 6.07) is 11.1. The summed E-state index contributed by atoms with van der Waals surface area (Å²) in [6.07, 6.45) is 0. The van der Waals surface area contributed by atoms with Crippen LogP contribution in [0.2, 0.25) is 0 Å². The smallest absolute Gasteiger partial charge is 0.251 e. The summed E-state index contributed by atoms with van der Waals surface area (Å²) in [5, 5.41) is 11.5. The Hall–Kier alpha value is -2.76. The lowest BCUT2D eigenvalue weighted by Crippen LogP contribution is -2.24. The van der Waals surface area contributed by atoms with Gasteiger partial charge in [-0.15, -0.1) is 0 Å². The number of carbonyl (C=O) groups excluding carboxylic acids is 1. The molecule has 6 nitrogen and oxygen atoms in total. The highest BCUT2D eigenvalue weighted by atomic mass is 32.2. The summed E-state index contributed by atoms with van der Waals surface area (Å²) in [5.41, 5.74) is 0.791. The summed E-state index contributed by atoms with van der Waals surface area (Å²) < 4.78 is 40.1. The zero-order chi connectivity index (χ0) is 18.4. The van der Waals surface area contributed by atoms with Gasteiger partial charge in [0.05, 0.1) is 10.5 Å². The third kappa shape index (κ3) is 4.62. The quantitative estimate of drug-likeness (QED) is 0.821. The summed E-state index contributed by atoms with van der Waals surface area (Å²) in [4.78, 5) is 11.5. The molecule has 2 aromatic carbocycles. The number of rotatable bonds is 6. The van der Waals surface area contributed by atoms with Gasteiger partial charge in [0, 0.05) is 18.7 Å². The van der Waals surface area contributed by atoms with Gasteiger partial charge in [-0.2, -0.15) is 5.26 Å². The van der Waals surface area contributed by atoms with Crippen molar-refractivity contribution in [1.29, 1.82) is 5.26 Å². The minimum Gasteiger partial charge on any atom is -0.352 e. The predicted molar refractivity (Wildman–Crippen MR) is 89.6 cm³/mol. The van der Waals surface area contributed by atoms with E-state index in [9.17, 15) is 17.6 Å². The van der Waals surface area contributed by atoms with Crippen molar-refractivity contribution >= 4 is 15.9 Å². The van der Waals surface area contributed by atoms with E-state index in [2.05, 4.69) is 10.0 Å². The van der Waals surface area contributed by atoms with E-state index in [0.717, 1.165) is 18.2 Å². The topological polar surface area (TPSA) is 99.1 Å². The van der Waals surface area contributed by atoms with Gasteiger partial charge in [-0.3, -0.25) is 4.79 Å². The second kappa shape index (κ2) is 7.88. The molecule has 0 aliphatic rings. The van der Waals surface area contributed by atoms with E-state index < -0.39 is 15.8 Å². The van der Waals surface area contributed by atoms with Gasteiger partial charge in [-0.25, -0.2) is 17.5 Å². The number of nitrogens with zero attached hydrogens (tertiary/aromatic N) is 1. The van der Waals surface area contributed by atoms with Gasteiger partial charge in [0.15, 0.2) is 0 Å². The molecule has 0 atom stereocenters. The van der Waals surface area contributed by atoms with Crippen LogP contribution in [0, 0.1) is 17.1 Å². The van der Waals surface area contributed by atoms with Gasteiger partial charge in [0.1, 0.15) is 11.9 Å². The lowest BCUT2D eigenvalue weighted by atomic mass is 10.1. The normalized spacial score (nSPS) is 10.9. The first-order chi connectivity index (χ1) is 11.9. The van der Waals surface area contributed by atoms with Crippen LogP contribution >= 0.6 is 0 Å². The third-order valence-corrected chi connectivity index (χ3v) is 4.79. The maximum absolute atomic E-state index is 13.3. The lowest BCUT2D eigenvalue weighted by molar-refractivity contribution is 0.0956. The molecule has 0 fully saturated rings. The van der Waals surface area contributed by atoms with Gasteiger partial charge in [-0.1, -0.05) is 12.1 Å². The van der Waals surface area contributed by atoms with Crippen LogP contribution in [0.15, 0.2) is 47.4 Å². The number of nitriles is 1. The summed E-state index contributed by atoms with van der Waals surface area (Å²) >= 11 is 0. The van der Waals surface area contributed by atoms with Crippen LogP contribution in [0.4, 0.5) is 4.39 Å². The van der Waals surface area contributed by atoms with Gasteiger partial charge in [0.2, 0.25) is 10.0 Å². The summed E-state index contributed by atoms with van der Waals surface area (Å²) in [6.45, 7) is 2.33. The lowest BCUT2D eigenvalue weighted by Gasteiger charge is -2.08. The third-order valence-electron chi connectivity index (χ3n) is 3.39. The first-order valence-electron chi connectivity index (χ1n) is 7.44. The first kappa shape index (κ1) is 18.6. The highest BCUT2D eigenvalue weighted by molar-refractivity contribution is 7.89. The predicted octanol–water partition coefficient (Wildman–Crippen LogP) is 1.93. The van der Waals surface area contributed by atoms with Crippen molar-refractivity contribution in [2.75, 3.05) is 6.54 Å². The highest BCUT2D eigenvalue weighted by Crippen LogP contribution is 2.15. The van der Waals surface area contributed by atoms with E-state index >= 15 is 0 Å². The largest absolute Gasteiger partial charge is 0.352 e. The van der Waals surface area contributed by atoms with Crippen LogP contribution < -0.4 is 10.0 Å². The van der Waals surface area contributed by atoms with Crippen molar-refractivity contribution in [3.63, 3.8) is 0 Å². The van der Waals surface area contributed by atoms with Gasteiger partial charge in [0.25, 0.3) is 5.91 Å². The molecule has 0 saturated heterocycles. The SMILES string of the molecule is CCNC(=O)c1ccc(CNS(=O)(=O)c2ccc(F)c(C#N)c2)cc1. The zero-order valence-corrected chi connectivity index (χ0v) is 14.2. The first-order valence-corrected chi connectivity index (χ1v) is 8.92. The molecule has 0 aliphatic heterocycles. The number of benzene rings is 2. The van der Waals surface area contributed by atoms with E-state index in [0.29, 0.717) is 17.7 Å². The molecular formula is C17H16FN3O3S. The summed E-state index contributed by atoms with van der Waals surface area (Å²) in [5.74, 6) is -0.979. The molecule has 0 bridgehead atoms. The second-order valence-electron chi connectivity index (χ2n) is 5.13. The fraction of sp³-hybridized carbons (Fsp3) is 0.176. The Balaban J connectivity index is 2.10. The molecule has 130 valence electrons. The van der Waals surface area contributed by atoms with E-state index in [1.165, 1.54) is 0 Å². The van der Waals surface area contributed by atoms with Crippen LogP contribution in [0.5, 0.6) is 0 Å². The molecule has 0 saturated carbocycles. The molecule has 8 heteroatoms. The number of hydrogen-bond acceptors (Lipinski definition) is 4. The fourth-order valence-electron chi connectivity index (χ4n) is 2.06. The maximum atomic E-state index is 13.3. The van der Waals surface area contributed by atoms with E-state index in [-0.39, 0.29) is 22.9 Å². The maximum Gasteiger partial charge on any atom is 0.251 e. The zero-order valence-electron chi connectivity index (χ0n) is 13.4. The molecule has 2 N–H and O–H groups in total. The Bertz CT molecular complexity index is 919. The Labute approximate surface area is 145 Å². The van der Waals surface area contributed by atoms with E-state index in [1.54, 1.807) is 30.3 Å². The molecule has 0 heterocycles. The molecule has 0 spiro atoms. The Kier molecular flexibility index (Phi) is 5.85. The average molecular weight is 361 g/mol. The number of hydrogen-bond donors (Lipinski definition) is 2. The number of amides is 1. The average Bonchev–Trinajstić information content (AvgIpc) is 2.61. The molecule has 25 heavy (non-hydrogen) atoms. The Morgan fingerprint density at radius 1 is 1.20 bits per heavy atom. The van der Waals surface area contributed by atoms with Crippen molar-refractivity contribution in [2.24, 2.45) is 0 Å². The monoisotopic (exact) mass is 361 g/mol. The van der Waals surface area contributed by atoms with Gasteiger partial charge < -0.3 is 5.32 Å².